The van der Waals surface area contributed by atoms with Crippen molar-refractivity contribution >= 4 is 27.4 Å². The number of carbonyl (C=O) groups excluding carboxylic acids is 2. The number of ether oxygens (including phenoxy) is 2. The third kappa shape index (κ3) is 5.55. The van der Waals surface area contributed by atoms with Crippen LogP contribution in [-0.4, -0.2) is 61.7 Å². The molecule has 0 aliphatic carbocycles. The summed E-state index contributed by atoms with van der Waals surface area (Å²) in [6.45, 7) is 6.63. The van der Waals surface area contributed by atoms with Gasteiger partial charge in [-0.15, -0.1) is 0 Å². The second kappa shape index (κ2) is 9.67. The molecular formula is C21H29N3O6S. The largest absolute Gasteiger partial charge is 0.490 e. The van der Waals surface area contributed by atoms with Crippen LogP contribution in [0.3, 0.4) is 0 Å². The molecule has 1 aromatic rings. The van der Waals surface area contributed by atoms with E-state index >= 15 is 0 Å². The Balaban J connectivity index is 1.72. The first-order valence-corrected chi connectivity index (χ1v) is 12.4. The number of hydrogen-bond acceptors (Lipinski definition) is 7. The monoisotopic (exact) mass is 451 g/mol. The number of amides is 2. The molecule has 1 N–H and O–H groups in total. The maximum absolute atomic E-state index is 12.8. The minimum absolute atomic E-state index is 0.0371. The van der Waals surface area contributed by atoms with Gasteiger partial charge in [0.15, 0.2) is 21.3 Å². The summed E-state index contributed by atoms with van der Waals surface area (Å²) in [7, 11) is -3.16. The van der Waals surface area contributed by atoms with Crippen molar-refractivity contribution in [3.8, 4) is 11.5 Å². The van der Waals surface area contributed by atoms with Gasteiger partial charge in [0.25, 0.3) is 5.91 Å². The van der Waals surface area contributed by atoms with Crippen molar-refractivity contribution in [1.82, 2.24) is 10.3 Å². The van der Waals surface area contributed by atoms with Crippen LogP contribution < -0.4 is 14.8 Å². The van der Waals surface area contributed by atoms with E-state index in [0.29, 0.717) is 31.1 Å². The lowest BCUT2D eigenvalue weighted by atomic mass is 10.1. The third-order valence-electron chi connectivity index (χ3n) is 5.29. The van der Waals surface area contributed by atoms with E-state index in [4.69, 9.17) is 9.47 Å². The second-order valence-corrected chi connectivity index (χ2v) is 9.84. The lowest BCUT2D eigenvalue weighted by molar-refractivity contribution is -0.133. The first kappa shape index (κ1) is 23.1. The molecule has 9 nitrogen and oxygen atoms in total. The lowest BCUT2D eigenvalue weighted by Crippen LogP contribution is -2.44. The van der Waals surface area contributed by atoms with Gasteiger partial charge in [0.2, 0.25) is 5.91 Å². The molecule has 2 atom stereocenters. The molecule has 1 fully saturated rings. The van der Waals surface area contributed by atoms with Crippen LogP contribution in [0.2, 0.25) is 0 Å². The summed E-state index contributed by atoms with van der Waals surface area (Å²) in [5.74, 6) is 0.549. The van der Waals surface area contributed by atoms with Gasteiger partial charge in [-0.3, -0.25) is 9.59 Å². The Labute approximate surface area is 182 Å². The quantitative estimate of drug-likeness (QED) is 0.645. The smallest absolute Gasteiger partial charge is 0.267 e. The molecule has 2 aliphatic rings. The topological polar surface area (TPSA) is 114 Å². The number of nitrogens with one attached hydrogen (secondary N) is 1. The van der Waals surface area contributed by atoms with Crippen molar-refractivity contribution in [2.75, 3.05) is 24.7 Å². The highest BCUT2D eigenvalue weighted by atomic mass is 32.2. The summed E-state index contributed by atoms with van der Waals surface area (Å²) in [5.41, 5.74) is 1.07. The van der Waals surface area contributed by atoms with E-state index in [-0.39, 0.29) is 47.9 Å². The average Bonchev–Trinajstić information content (AvgIpc) is 3.09. The predicted molar refractivity (Wildman–Crippen MR) is 116 cm³/mol. The summed E-state index contributed by atoms with van der Waals surface area (Å²) in [6, 6.07) is 4.67. The van der Waals surface area contributed by atoms with Crippen molar-refractivity contribution in [1.29, 1.82) is 0 Å². The van der Waals surface area contributed by atoms with E-state index in [1.54, 1.807) is 0 Å². The minimum atomic E-state index is -3.16. The fourth-order valence-electron chi connectivity index (χ4n) is 3.69. The molecule has 2 aliphatic heterocycles. The van der Waals surface area contributed by atoms with Gasteiger partial charge in [0.05, 0.1) is 36.8 Å². The predicted octanol–water partition coefficient (Wildman–Crippen LogP) is 1.83. The molecule has 0 radical (unpaired) electrons. The second-order valence-electron chi connectivity index (χ2n) is 7.61. The summed E-state index contributed by atoms with van der Waals surface area (Å²) >= 11 is 0. The van der Waals surface area contributed by atoms with Gasteiger partial charge in [-0.25, -0.2) is 13.4 Å². The minimum Gasteiger partial charge on any atom is -0.490 e. The van der Waals surface area contributed by atoms with E-state index < -0.39 is 15.9 Å². The van der Waals surface area contributed by atoms with E-state index in [2.05, 4.69) is 10.4 Å². The van der Waals surface area contributed by atoms with Crippen LogP contribution in [0.15, 0.2) is 23.3 Å². The highest BCUT2D eigenvalue weighted by Gasteiger charge is 2.37. The maximum atomic E-state index is 12.8. The van der Waals surface area contributed by atoms with Crippen molar-refractivity contribution in [2.24, 2.45) is 5.10 Å². The van der Waals surface area contributed by atoms with E-state index in [0.717, 1.165) is 5.56 Å². The van der Waals surface area contributed by atoms with Gasteiger partial charge < -0.3 is 14.8 Å². The summed E-state index contributed by atoms with van der Waals surface area (Å²) in [5, 5.41) is 8.32. The Kier molecular flexibility index (Phi) is 7.19. The van der Waals surface area contributed by atoms with E-state index in [1.165, 1.54) is 5.01 Å². The van der Waals surface area contributed by atoms with Crippen LogP contribution in [0.1, 0.15) is 51.6 Å². The molecule has 1 aromatic carbocycles. The number of benzene rings is 1. The Morgan fingerprint density at radius 3 is 2.58 bits per heavy atom. The molecule has 2 unspecified atom stereocenters. The van der Waals surface area contributed by atoms with Crippen molar-refractivity contribution in [2.45, 2.75) is 52.1 Å². The molecule has 2 amide bonds. The highest BCUT2D eigenvalue weighted by molar-refractivity contribution is 7.91. The zero-order valence-electron chi connectivity index (χ0n) is 18.1. The van der Waals surface area contributed by atoms with Crippen LogP contribution in [0.25, 0.3) is 0 Å². The van der Waals surface area contributed by atoms with Gasteiger partial charge >= 0.3 is 0 Å². The van der Waals surface area contributed by atoms with Crippen molar-refractivity contribution < 1.29 is 27.5 Å². The zero-order chi connectivity index (χ0) is 22.6. The molecule has 31 heavy (non-hydrogen) atoms. The maximum Gasteiger partial charge on any atom is 0.267 e. The first-order chi connectivity index (χ1) is 14.7. The summed E-state index contributed by atoms with van der Waals surface area (Å²) in [4.78, 5) is 25.1. The molecule has 3 rings (SSSR count). The van der Waals surface area contributed by atoms with Crippen molar-refractivity contribution in [3.63, 3.8) is 0 Å². The third-order valence-corrected chi connectivity index (χ3v) is 7.04. The molecule has 0 spiro atoms. The summed E-state index contributed by atoms with van der Waals surface area (Å²) < 4.78 is 34.7. The molecule has 2 heterocycles. The molecule has 10 heteroatoms. The number of sulfone groups is 1. The fourth-order valence-corrected chi connectivity index (χ4v) is 5.38. The van der Waals surface area contributed by atoms with Crippen LogP contribution in [0.4, 0.5) is 0 Å². The highest BCUT2D eigenvalue weighted by Crippen LogP contribution is 2.31. The number of carbonyl (C=O) groups is 2. The molecule has 0 saturated carbocycles. The SMILES string of the molecule is CCOc1ccc(C(C)NC(=O)C2=NN(C3CCS(=O)(=O)C3)C(=O)CC2)cc1OCC. The number of nitrogens with zero attached hydrogens (tertiary/aromatic N) is 2. The van der Waals surface area contributed by atoms with Crippen molar-refractivity contribution in [3.05, 3.63) is 23.8 Å². The number of hydrazone groups is 1. The Hall–Kier alpha value is -2.62. The molecular weight excluding hydrogens is 422 g/mol. The van der Waals surface area contributed by atoms with Gasteiger partial charge in [-0.05, 0) is 44.9 Å². The van der Waals surface area contributed by atoms with Gasteiger partial charge in [-0.2, -0.15) is 5.10 Å². The normalized spacial score (nSPS) is 21.4. The number of rotatable bonds is 8. The van der Waals surface area contributed by atoms with Crippen LogP contribution >= 0.6 is 0 Å². The van der Waals surface area contributed by atoms with Gasteiger partial charge in [-0.1, -0.05) is 6.07 Å². The average molecular weight is 452 g/mol. The van der Waals surface area contributed by atoms with E-state index in [1.807, 2.05) is 39.0 Å². The van der Waals surface area contributed by atoms with Gasteiger partial charge in [0.1, 0.15) is 5.71 Å². The Morgan fingerprint density at radius 1 is 1.23 bits per heavy atom. The summed E-state index contributed by atoms with van der Waals surface area (Å²) in [6.07, 6.45) is 0.699. The Bertz CT molecular complexity index is 975. The lowest BCUT2D eigenvalue weighted by Gasteiger charge is -2.28. The van der Waals surface area contributed by atoms with E-state index in [9.17, 15) is 18.0 Å². The molecule has 1 saturated heterocycles. The first-order valence-electron chi connectivity index (χ1n) is 10.5. The number of hydrogen-bond donors (Lipinski definition) is 1. The van der Waals surface area contributed by atoms with Crippen LogP contribution in [0.5, 0.6) is 11.5 Å². The fraction of sp³-hybridized carbons (Fsp3) is 0.571. The van der Waals surface area contributed by atoms with Gasteiger partial charge in [0, 0.05) is 12.8 Å². The van der Waals surface area contributed by atoms with Crippen LogP contribution in [0, 0.1) is 0 Å². The zero-order valence-corrected chi connectivity index (χ0v) is 18.9. The van der Waals surface area contributed by atoms with Crippen LogP contribution in [-0.2, 0) is 19.4 Å². The Morgan fingerprint density at radius 2 is 1.94 bits per heavy atom. The standard InChI is InChI=1S/C21H29N3O6S/c1-4-29-18-8-6-15(12-19(18)30-5-2)14(3)22-21(26)17-7-9-20(25)24(23-17)16-10-11-31(27,28)13-16/h6,8,12,14,16H,4-5,7,9-11,13H2,1-3H3,(H,22,26). The molecule has 0 bridgehead atoms. The molecule has 170 valence electrons. The molecule has 0 aromatic heterocycles.